The minimum atomic E-state index is -4.01. The van der Waals surface area contributed by atoms with Gasteiger partial charge in [0.05, 0.1) is 5.92 Å². The average Bonchev–Trinajstić information content (AvgIpc) is 2.59. The molecule has 3 rings (SSSR count). The lowest BCUT2D eigenvalue weighted by molar-refractivity contribution is -0.149. The van der Waals surface area contributed by atoms with Crippen molar-refractivity contribution >= 4 is 21.9 Å². The maximum absolute atomic E-state index is 12.4. The van der Waals surface area contributed by atoms with Gasteiger partial charge in [-0.1, -0.05) is 37.1 Å². The molecule has 0 N–H and O–H groups in total. The monoisotopic (exact) mass is 374 g/mol. The molecular weight excluding hydrogens is 356 g/mol. The number of Topliss-reactive ketones (excluding diaryl/α,β-unsaturated/α-hetero) is 1. The van der Waals surface area contributed by atoms with Gasteiger partial charge in [-0.2, -0.15) is 8.42 Å². The number of ketones is 1. The Morgan fingerprint density at radius 2 is 1.77 bits per heavy atom. The van der Waals surface area contributed by atoms with Gasteiger partial charge in [-0.05, 0) is 31.5 Å². The maximum atomic E-state index is 12.4. The summed E-state index contributed by atoms with van der Waals surface area (Å²) in [6.07, 6.45) is 1.24. The fourth-order valence-electron chi connectivity index (χ4n) is 2.83. The van der Waals surface area contributed by atoms with E-state index in [4.69, 9.17) is 8.92 Å². The molecule has 0 spiro atoms. The van der Waals surface area contributed by atoms with Crippen LogP contribution in [0.1, 0.15) is 36.8 Å². The van der Waals surface area contributed by atoms with Crippen molar-refractivity contribution in [1.29, 1.82) is 0 Å². The van der Waals surface area contributed by atoms with Crippen molar-refractivity contribution in [1.82, 2.24) is 0 Å². The molecular formula is C19H18O6S. The molecule has 1 atom stereocenters. The van der Waals surface area contributed by atoms with Gasteiger partial charge < -0.3 is 8.92 Å². The van der Waals surface area contributed by atoms with Crippen molar-refractivity contribution in [3.05, 3.63) is 53.6 Å². The summed E-state index contributed by atoms with van der Waals surface area (Å²) >= 11 is 0. The standard InChI is InChI=1S/C19H18O6S/c1-3-4-16-15-10-7-13(11-17(15)24-19(21)18(16)20)25-26(22,23)14-8-5-12(2)6-9-14/h5-11,16H,3-4H2,1-2H3. The molecule has 2 aromatic carbocycles. The van der Waals surface area contributed by atoms with E-state index in [1.54, 1.807) is 18.2 Å². The van der Waals surface area contributed by atoms with Crippen LogP contribution in [0.15, 0.2) is 47.4 Å². The van der Waals surface area contributed by atoms with Crippen LogP contribution in [0.4, 0.5) is 0 Å². The van der Waals surface area contributed by atoms with Crippen LogP contribution in [0.2, 0.25) is 0 Å². The number of aryl methyl sites for hydroxylation is 1. The molecule has 1 heterocycles. The Hall–Kier alpha value is -2.67. The normalized spacial score (nSPS) is 16.8. The Kier molecular flexibility index (Phi) is 4.82. The number of fused-ring (bicyclic) bond motifs is 1. The number of hydrogen-bond donors (Lipinski definition) is 0. The van der Waals surface area contributed by atoms with Crippen molar-refractivity contribution in [3.8, 4) is 11.5 Å². The third kappa shape index (κ3) is 3.48. The van der Waals surface area contributed by atoms with Crippen molar-refractivity contribution < 1.29 is 26.9 Å². The van der Waals surface area contributed by atoms with Gasteiger partial charge in [-0.3, -0.25) is 4.79 Å². The maximum Gasteiger partial charge on any atom is 0.380 e. The van der Waals surface area contributed by atoms with Crippen LogP contribution in [0, 0.1) is 6.92 Å². The van der Waals surface area contributed by atoms with Gasteiger partial charge in [0.15, 0.2) is 0 Å². The summed E-state index contributed by atoms with van der Waals surface area (Å²) in [5.74, 6) is -1.92. The summed E-state index contributed by atoms with van der Waals surface area (Å²) in [5.41, 5.74) is 1.49. The Balaban J connectivity index is 1.91. The fraction of sp³-hybridized carbons (Fsp3) is 0.263. The predicted octanol–water partition coefficient (Wildman–Crippen LogP) is 3.13. The third-order valence-corrected chi connectivity index (χ3v) is 5.44. The van der Waals surface area contributed by atoms with Crippen LogP contribution in [0.3, 0.4) is 0 Å². The minimum Gasteiger partial charge on any atom is -0.420 e. The van der Waals surface area contributed by atoms with Gasteiger partial charge in [0.2, 0.25) is 5.78 Å². The summed E-state index contributed by atoms with van der Waals surface area (Å²) in [6, 6.07) is 10.6. The topological polar surface area (TPSA) is 86.7 Å². The summed E-state index contributed by atoms with van der Waals surface area (Å²) in [6.45, 7) is 3.77. The molecule has 0 aromatic heterocycles. The second kappa shape index (κ2) is 6.92. The van der Waals surface area contributed by atoms with Crippen LogP contribution in [-0.4, -0.2) is 20.2 Å². The van der Waals surface area contributed by atoms with E-state index in [2.05, 4.69) is 0 Å². The third-order valence-electron chi connectivity index (χ3n) is 4.17. The number of esters is 1. The van der Waals surface area contributed by atoms with Crippen LogP contribution in [-0.2, 0) is 19.7 Å². The highest BCUT2D eigenvalue weighted by molar-refractivity contribution is 7.87. The quantitative estimate of drug-likeness (QED) is 0.346. The molecule has 0 bridgehead atoms. The average molecular weight is 374 g/mol. The minimum absolute atomic E-state index is 0.0155. The molecule has 0 amide bonds. The summed E-state index contributed by atoms with van der Waals surface area (Å²) in [7, 11) is -4.01. The van der Waals surface area contributed by atoms with Crippen LogP contribution in [0.5, 0.6) is 11.5 Å². The van der Waals surface area contributed by atoms with E-state index in [1.165, 1.54) is 24.3 Å². The second-order valence-corrected chi connectivity index (χ2v) is 7.69. The number of hydrogen-bond acceptors (Lipinski definition) is 6. The number of rotatable bonds is 5. The van der Waals surface area contributed by atoms with E-state index in [-0.39, 0.29) is 16.4 Å². The predicted molar refractivity (Wildman–Crippen MR) is 93.7 cm³/mol. The first-order chi connectivity index (χ1) is 12.3. The highest BCUT2D eigenvalue weighted by atomic mass is 32.2. The van der Waals surface area contributed by atoms with Crippen LogP contribution >= 0.6 is 0 Å². The molecule has 1 aliphatic heterocycles. The number of ether oxygens (including phenoxy) is 1. The highest BCUT2D eigenvalue weighted by Crippen LogP contribution is 2.38. The molecule has 0 saturated carbocycles. The number of carbonyl (C=O) groups is 2. The van der Waals surface area contributed by atoms with Gasteiger partial charge in [0.25, 0.3) is 0 Å². The van der Waals surface area contributed by atoms with Gasteiger partial charge >= 0.3 is 16.1 Å². The smallest absolute Gasteiger partial charge is 0.380 e. The van der Waals surface area contributed by atoms with E-state index < -0.39 is 27.8 Å². The second-order valence-electron chi connectivity index (χ2n) is 6.15. The molecule has 0 saturated heterocycles. The van der Waals surface area contributed by atoms with E-state index in [0.29, 0.717) is 12.0 Å². The zero-order valence-corrected chi connectivity index (χ0v) is 15.2. The molecule has 2 aromatic rings. The molecule has 1 unspecified atom stereocenters. The van der Waals surface area contributed by atoms with Gasteiger partial charge in [0, 0.05) is 11.6 Å². The lowest BCUT2D eigenvalue weighted by atomic mass is 9.88. The van der Waals surface area contributed by atoms with Crippen LogP contribution in [0.25, 0.3) is 0 Å². The molecule has 136 valence electrons. The van der Waals surface area contributed by atoms with Crippen molar-refractivity contribution in [2.45, 2.75) is 37.5 Å². The molecule has 0 fully saturated rings. The number of carbonyl (C=O) groups excluding carboxylic acids is 2. The SMILES string of the molecule is CCCC1C(=O)C(=O)Oc2cc(OS(=O)(=O)c3ccc(C)cc3)ccc21. The molecule has 26 heavy (non-hydrogen) atoms. The van der Waals surface area contributed by atoms with E-state index in [9.17, 15) is 18.0 Å². The number of benzene rings is 2. The zero-order chi connectivity index (χ0) is 18.9. The summed E-state index contributed by atoms with van der Waals surface area (Å²) < 4.78 is 34.9. The van der Waals surface area contributed by atoms with E-state index >= 15 is 0 Å². The summed E-state index contributed by atoms with van der Waals surface area (Å²) in [5, 5.41) is 0. The first-order valence-corrected chi connectivity index (χ1v) is 9.64. The Labute approximate surface area is 151 Å². The van der Waals surface area contributed by atoms with Crippen molar-refractivity contribution in [2.75, 3.05) is 0 Å². The summed E-state index contributed by atoms with van der Waals surface area (Å²) in [4.78, 5) is 23.8. The Morgan fingerprint density at radius 3 is 2.42 bits per heavy atom. The molecule has 1 aliphatic rings. The molecule has 7 heteroatoms. The van der Waals surface area contributed by atoms with Gasteiger partial charge in [-0.25, -0.2) is 4.79 Å². The largest absolute Gasteiger partial charge is 0.420 e. The first kappa shape index (κ1) is 18.1. The fourth-order valence-corrected chi connectivity index (χ4v) is 3.75. The first-order valence-electron chi connectivity index (χ1n) is 8.23. The van der Waals surface area contributed by atoms with E-state index in [0.717, 1.165) is 12.0 Å². The van der Waals surface area contributed by atoms with Crippen LogP contribution < -0.4 is 8.92 Å². The Bertz CT molecular complexity index is 960. The van der Waals surface area contributed by atoms with E-state index in [1.807, 2.05) is 13.8 Å². The van der Waals surface area contributed by atoms with Crippen molar-refractivity contribution in [2.24, 2.45) is 0 Å². The molecule has 0 radical (unpaired) electrons. The lowest BCUT2D eigenvalue weighted by Crippen LogP contribution is -2.31. The lowest BCUT2D eigenvalue weighted by Gasteiger charge is -2.23. The molecule has 0 aliphatic carbocycles. The van der Waals surface area contributed by atoms with Crippen molar-refractivity contribution in [3.63, 3.8) is 0 Å². The van der Waals surface area contributed by atoms with Gasteiger partial charge in [-0.15, -0.1) is 0 Å². The van der Waals surface area contributed by atoms with Gasteiger partial charge in [0.1, 0.15) is 16.4 Å². The molecule has 6 nitrogen and oxygen atoms in total. The zero-order valence-electron chi connectivity index (χ0n) is 14.4. The highest BCUT2D eigenvalue weighted by Gasteiger charge is 2.35. The Morgan fingerprint density at radius 1 is 1.08 bits per heavy atom.